The molecule has 0 bridgehead atoms. The van der Waals surface area contributed by atoms with Gasteiger partial charge in [-0.15, -0.1) is 0 Å². The number of benzene rings is 2. The zero-order valence-electron chi connectivity index (χ0n) is 11.8. The van der Waals surface area contributed by atoms with E-state index in [2.05, 4.69) is 30.3 Å². The number of fused-ring (bicyclic) bond motifs is 1. The van der Waals surface area contributed by atoms with Crippen molar-refractivity contribution < 1.29 is 4.74 Å². The fourth-order valence-electron chi connectivity index (χ4n) is 2.77. The third kappa shape index (κ3) is 3.13. The van der Waals surface area contributed by atoms with E-state index < -0.39 is 0 Å². The van der Waals surface area contributed by atoms with Gasteiger partial charge in [0.15, 0.2) is 0 Å². The minimum atomic E-state index is 0.711. The van der Waals surface area contributed by atoms with Crippen LogP contribution < -0.4 is 10.5 Å². The van der Waals surface area contributed by atoms with Crippen LogP contribution in [0.5, 0.6) is 5.75 Å². The van der Waals surface area contributed by atoms with Gasteiger partial charge < -0.3 is 10.5 Å². The Hall–Kier alpha value is -1.96. The molecule has 104 valence electrons. The molecule has 0 unspecified atom stereocenters. The van der Waals surface area contributed by atoms with Crippen LogP contribution in [0, 0.1) is 0 Å². The number of aryl methyl sites for hydroxylation is 2. The highest BCUT2D eigenvalue weighted by atomic mass is 16.5. The highest BCUT2D eigenvalue weighted by molar-refractivity contribution is 5.39. The molecule has 0 saturated heterocycles. The lowest BCUT2D eigenvalue weighted by Crippen LogP contribution is -2.05. The summed E-state index contributed by atoms with van der Waals surface area (Å²) in [6, 6.07) is 14.6. The van der Waals surface area contributed by atoms with Crippen LogP contribution in [0.25, 0.3) is 0 Å². The van der Waals surface area contributed by atoms with Crippen LogP contribution >= 0.6 is 0 Å². The molecular formula is C18H21NO. The Labute approximate surface area is 120 Å². The molecule has 0 fully saturated rings. The molecular weight excluding hydrogens is 246 g/mol. The fraction of sp³-hybridized carbons (Fsp3) is 0.333. The van der Waals surface area contributed by atoms with Crippen molar-refractivity contribution in [3.8, 4) is 5.75 Å². The Balaban J connectivity index is 1.57. The van der Waals surface area contributed by atoms with Gasteiger partial charge in [0, 0.05) is 12.1 Å². The van der Waals surface area contributed by atoms with Gasteiger partial charge in [0.05, 0.1) is 6.61 Å². The average Bonchev–Trinajstić information content (AvgIpc) is 2.49. The van der Waals surface area contributed by atoms with E-state index in [0.717, 1.165) is 17.9 Å². The first-order valence-corrected chi connectivity index (χ1v) is 7.40. The van der Waals surface area contributed by atoms with Gasteiger partial charge in [-0.25, -0.2) is 0 Å². The third-order valence-electron chi connectivity index (χ3n) is 3.96. The molecule has 3 rings (SSSR count). The van der Waals surface area contributed by atoms with Crippen molar-refractivity contribution in [3.05, 3.63) is 59.2 Å². The zero-order chi connectivity index (χ0) is 13.8. The number of anilines is 1. The second-order valence-electron chi connectivity index (χ2n) is 5.48. The molecule has 1 aliphatic carbocycles. The van der Waals surface area contributed by atoms with Crippen molar-refractivity contribution >= 4 is 5.69 Å². The monoisotopic (exact) mass is 267 g/mol. The molecule has 0 aromatic heterocycles. The molecule has 0 heterocycles. The standard InChI is InChI=1S/C18H21NO/c19-17-8-5-14(6-9-17)11-12-20-18-10-7-15-3-1-2-4-16(15)13-18/h5-10,13H,1-4,11-12,19H2. The summed E-state index contributed by atoms with van der Waals surface area (Å²) in [5.41, 5.74) is 10.7. The van der Waals surface area contributed by atoms with Gasteiger partial charge in [0.25, 0.3) is 0 Å². The molecule has 20 heavy (non-hydrogen) atoms. The minimum Gasteiger partial charge on any atom is -0.493 e. The van der Waals surface area contributed by atoms with E-state index >= 15 is 0 Å². The second-order valence-corrected chi connectivity index (χ2v) is 5.48. The van der Waals surface area contributed by atoms with E-state index in [-0.39, 0.29) is 0 Å². The smallest absolute Gasteiger partial charge is 0.119 e. The lowest BCUT2D eigenvalue weighted by Gasteiger charge is -2.16. The van der Waals surface area contributed by atoms with Crippen molar-refractivity contribution in [2.24, 2.45) is 0 Å². The molecule has 0 saturated carbocycles. The summed E-state index contributed by atoms with van der Waals surface area (Å²) in [6.45, 7) is 0.711. The number of ether oxygens (including phenoxy) is 1. The van der Waals surface area contributed by atoms with Crippen molar-refractivity contribution in [1.29, 1.82) is 0 Å². The van der Waals surface area contributed by atoms with E-state index in [1.165, 1.54) is 42.4 Å². The first-order valence-electron chi connectivity index (χ1n) is 7.40. The van der Waals surface area contributed by atoms with E-state index in [0.29, 0.717) is 6.61 Å². The number of hydrogen-bond donors (Lipinski definition) is 1. The maximum absolute atomic E-state index is 5.88. The van der Waals surface area contributed by atoms with Crippen molar-refractivity contribution in [2.75, 3.05) is 12.3 Å². The Bertz CT molecular complexity index is 574. The van der Waals surface area contributed by atoms with Crippen LogP contribution in [0.3, 0.4) is 0 Å². The first kappa shape index (κ1) is 13.0. The predicted octanol–water partition coefficient (Wildman–Crippen LogP) is 3.77. The SMILES string of the molecule is Nc1ccc(CCOc2ccc3c(c2)CCCC3)cc1. The fourth-order valence-corrected chi connectivity index (χ4v) is 2.77. The van der Waals surface area contributed by atoms with Crippen LogP contribution in [-0.4, -0.2) is 6.61 Å². The first-order chi connectivity index (χ1) is 9.81. The molecule has 0 amide bonds. The van der Waals surface area contributed by atoms with Crippen molar-refractivity contribution in [1.82, 2.24) is 0 Å². The van der Waals surface area contributed by atoms with Crippen molar-refractivity contribution in [2.45, 2.75) is 32.1 Å². The van der Waals surface area contributed by atoms with Gasteiger partial charge in [-0.2, -0.15) is 0 Å². The highest BCUT2D eigenvalue weighted by Gasteiger charge is 2.09. The normalized spacial score (nSPS) is 13.8. The van der Waals surface area contributed by atoms with E-state index in [9.17, 15) is 0 Å². The van der Waals surface area contributed by atoms with Crippen LogP contribution in [-0.2, 0) is 19.3 Å². The molecule has 2 heteroatoms. The van der Waals surface area contributed by atoms with Gasteiger partial charge >= 0.3 is 0 Å². The summed E-state index contributed by atoms with van der Waals surface area (Å²) < 4.78 is 5.88. The molecule has 0 radical (unpaired) electrons. The van der Waals surface area contributed by atoms with Crippen LogP contribution in [0.15, 0.2) is 42.5 Å². The van der Waals surface area contributed by atoms with Crippen LogP contribution in [0.4, 0.5) is 5.69 Å². The van der Waals surface area contributed by atoms with Gasteiger partial charge in [-0.1, -0.05) is 18.2 Å². The summed E-state index contributed by atoms with van der Waals surface area (Å²) in [5.74, 6) is 1.00. The maximum atomic E-state index is 5.88. The van der Waals surface area contributed by atoms with Gasteiger partial charge in [0.2, 0.25) is 0 Å². The summed E-state index contributed by atoms with van der Waals surface area (Å²) in [4.78, 5) is 0. The largest absolute Gasteiger partial charge is 0.493 e. The molecule has 0 aliphatic heterocycles. The minimum absolute atomic E-state index is 0.711. The Morgan fingerprint density at radius 2 is 1.65 bits per heavy atom. The summed E-state index contributed by atoms with van der Waals surface area (Å²) in [7, 11) is 0. The van der Waals surface area contributed by atoms with E-state index in [4.69, 9.17) is 10.5 Å². The second kappa shape index (κ2) is 6.00. The maximum Gasteiger partial charge on any atom is 0.119 e. The van der Waals surface area contributed by atoms with Gasteiger partial charge in [0.1, 0.15) is 5.75 Å². The van der Waals surface area contributed by atoms with Crippen molar-refractivity contribution in [3.63, 3.8) is 0 Å². The van der Waals surface area contributed by atoms with E-state index in [1.54, 1.807) is 0 Å². The van der Waals surface area contributed by atoms with E-state index in [1.807, 2.05) is 12.1 Å². The Kier molecular flexibility index (Phi) is 3.91. The lowest BCUT2D eigenvalue weighted by atomic mass is 9.92. The van der Waals surface area contributed by atoms with Crippen LogP contribution in [0.2, 0.25) is 0 Å². The lowest BCUT2D eigenvalue weighted by molar-refractivity contribution is 0.321. The van der Waals surface area contributed by atoms with Gasteiger partial charge in [-0.3, -0.25) is 0 Å². The van der Waals surface area contributed by atoms with Gasteiger partial charge in [-0.05, 0) is 66.6 Å². The third-order valence-corrected chi connectivity index (χ3v) is 3.96. The number of nitrogen functional groups attached to an aromatic ring is 1. The quantitative estimate of drug-likeness (QED) is 0.856. The average molecular weight is 267 g/mol. The Morgan fingerprint density at radius 3 is 2.45 bits per heavy atom. The number of hydrogen-bond acceptors (Lipinski definition) is 2. The molecule has 2 N–H and O–H groups in total. The highest BCUT2D eigenvalue weighted by Crippen LogP contribution is 2.25. The zero-order valence-corrected chi connectivity index (χ0v) is 11.8. The number of nitrogens with two attached hydrogens (primary N) is 1. The van der Waals surface area contributed by atoms with Crippen LogP contribution in [0.1, 0.15) is 29.5 Å². The molecule has 0 atom stereocenters. The molecule has 2 aromatic carbocycles. The summed E-state index contributed by atoms with van der Waals surface area (Å²) in [6.07, 6.45) is 5.97. The summed E-state index contributed by atoms with van der Waals surface area (Å²) >= 11 is 0. The molecule has 1 aliphatic rings. The topological polar surface area (TPSA) is 35.2 Å². The molecule has 2 aromatic rings. The predicted molar refractivity (Wildman–Crippen MR) is 83.1 cm³/mol. The molecule has 0 spiro atoms. The number of rotatable bonds is 4. The summed E-state index contributed by atoms with van der Waals surface area (Å²) in [5, 5.41) is 0. The molecule has 2 nitrogen and oxygen atoms in total. The Morgan fingerprint density at radius 1 is 0.900 bits per heavy atom.